The van der Waals surface area contributed by atoms with E-state index < -0.39 is 22.1 Å². The molecule has 0 radical (unpaired) electrons. The Morgan fingerprint density at radius 1 is 0.970 bits per heavy atom. The summed E-state index contributed by atoms with van der Waals surface area (Å²) < 4.78 is 28.8. The lowest BCUT2D eigenvalue weighted by Crippen LogP contribution is -2.49. The second-order valence-electron chi connectivity index (χ2n) is 8.42. The van der Waals surface area contributed by atoms with Crippen molar-refractivity contribution in [2.45, 2.75) is 42.3 Å². The number of fused-ring (bicyclic) bond motifs is 3. The quantitative estimate of drug-likeness (QED) is 0.232. The summed E-state index contributed by atoms with van der Waals surface area (Å²) in [6, 6.07) is 18.1. The molecule has 0 spiro atoms. The molecule has 5 rings (SSSR count). The van der Waals surface area contributed by atoms with E-state index in [4.69, 9.17) is 16.4 Å². The minimum atomic E-state index is -3.29. The zero-order valence-electron chi connectivity index (χ0n) is 17.5. The smallest absolute Gasteiger partial charge is 0.134 e. The average molecular weight is 612 g/mol. The van der Waals surface area contributed by atoms with Crippen molar-refractivity contribution >= 4 is 75.2 Å². The molecule has 5 nitrogen and oxygen atoms in total. The van der Waals surface area contributed by atoms with Gasteiger partial charge in [-0.1, -0.05) is 43.5 Å². The normalized spacial score (nSPS) is 23.1. The van der Waals surface area contributed by atoms with Crippen LogP contribution in [0.15, 0.2) is 74.5 Å². The van der Waals surface area contributed by atoms with Crippen LogP contribution in [0.1, 0.15) is 25.3 Å². The van der Waals surface area contributed by atoms with E-state index in [0.29, 0.717) is 16.3 Å². The van der Waals surface area contributed by atoms with E-state index in [1.54, 1.807) is 24.3 Å². The highest BCUT2D eigenvalue weighted by molar-refractivity contribution is 9.10. The van der Waals surface area contributed by atoms with Crippen LogP contribution in [0.2, 0.25) is 5.02 Å². The second kappa shape index (κ2) is 8.98. The summed E-state index contributed by atoms with van der Waals surface area (Å²) in [6.07, 6.45) is 1.49. The first-order valence-electron chi connectivity index (χ1n) is 10.6. The Bertz CT molecular complexity index is 1400. The number of hydrogen-bond donors (Lipinski definition) is 3. The number of aliphatic hydroxyl groups excluding tert-OH is 1. The number of nitrogens with one attached hydrogen (secondary N) is 2. The van der Waals surface area contributed by atoms with Crippen LogP contribution in [0, 0.1) is 4.78 Å². The van der Waals surface area contributed by atoms with E-state index in [2.05, 4.69) is 65.4 Å². The predicted octanol–water partition coefficient (Wildman–Crippen LogP) is 7.04. The molecular weight excluding hydrogens is 590 g/mol. The van der Waals surface area contributed by atoms with Crippen LogP contribution in [-0.2, 0) is 9.92 Å². The first-order chi connectivity index (χ1) is 15.7. The first kappa shape index (κ1) is 23.3. The fourth-order valence-electron chi connectivity index (χ4n) is 4.83. The van der Waals surface area contributed by atoms with Gasteiger partial charge in [0.25, 0.3) is 0 Å². The molecule has 3 aromatic carbocycles. The number of nitrogens with zero attached hydrogens (tertiary/aromatic N) is 1. The van der Waals surface area contributed by atoms with Gasteiger partial charge in [-0.05, 0) is 79.9 Å². The summed E-state index contributed by atoms with van der Waals surface area (Å²) in [4.78, 5) is 0.354. The molecule has 1 heterocycles. The van der Waals surface area contributed by atoms with Gasteiger partial charge in [0.2, 0.25) is 0 Å². The molecule has 1 fully saturated rings. The number of rotatable bonds is 4. The zero-order valence-corrected chi connectivity index (χ0v) is 22.2. The van der Waals surface area contributed by atoms with Gasteiger partial charge in [0.1, 0.15) is 9.92 Å². The largest absolute Gasteiger partial charge is 0.389 e. The van der Waals surface area contributed by atoms with Gasteiger partial charge in [-0.15, -0.1) is 0 Å². The molecule has 0 bridgehead atoms. The molecule has 1 aromatic heterocycles. The monoisotopic (exact) mass is 609 g/mol. The Kier molecular flexibility index (Phi) is 6.35. The molecule has 1 saturated carbocycles. The molecule has 4 atom stereocenters. The number of aliphatic hydroxyl groups is 1. The molecule has 9 heteroatoms. The van der Waals surface area contributed by atoms with Crippen molar-refractivity contribution in [3.63, 3.8) is 0 Å². The van der Waals surface area contributed by atoms with E-state index in [1.165, 1.54) is 0 Å². The Morgan fingerprint density at radius 2 is 1.55 bits per heavy atom. The molecule has 4 aromatic rings. The average Bonchev–Trinajstić information content (AvgIpc) is 3.08. The van der Waals surface area contributed by atoms with Gasteiger partial charge in [0.15, 0.2) is 0 Å². The molecule has 1 aliphatic carbocycles. The number of aromatic nitrogens is 1. The van der Waals surface area contributed by atoms with Gasteiger partial charge in [-0.3, -0.25) is 0 Å². The van der Waals surface area contributed by atoms with Crippen LogP contribution in [-0.4, -0.2) is 26.0 Å². The second-order valence-corrected chi connectivity index (χ2v) is 12.5. The highest BCUT2D eigenvalue weighted by Gasteiger charge is 2.36. The standard InChI is InChI=1S/C24H22Br2ClN3O2S/c25-14-4-10-21-18(12-14)19-13-15(26)5-11-22(19)30(21)23-3-1-2-20(24(23)31)29-33(28,32)17-8-6-16(27)7-9-17/h4-13,20,23-24,31H,1-3H2,(H2,28,29,32). The van der Waals surface area contributed by atoms with Gasteiger partial charge in [0.05, 0.1) is 17.0 Å². The number of halogens is 3. The summed E-state index contributed by atoms with van der Waals surface area (Å²) in [5.41, 5.74) is 2.08. The van der Waals surface area contributed by atoms with Crippen molar-refractivity contribution < 1.29 is 9.32 Å². The molecule has 33 heavy (non-hydrogen) atoms. The maximum atomic E-state index is 13.2. The third-order valence-electron chi connectivity index (χ3n) is 6.34. The van der Waals surface area contributed by atoms with Crippen molar-refractivity contribution in [3.8, 4) is 0 Å². The zero-order chi connectivity index (χ0) is 23.3. The lowest BCUT2D eigenvalue weighted by atomic mass is 9.88. The third-order valence-corrected chi connectivity index (χ3v) is 9.15. The molecule has 0 saturated heterocycles. The third kappa shape index (κ3) is 4.37. The predicted molar refractivity (Wildman–Crippen MR) is 141 cm³/mol. The van der Waals surface area contributed by atoms with Crippen LogP contribution < -0.4 is 4.72 Å². The van der Waals surface area contributed by atoms with Crippen molar-refractivity contribution in [2.75, 3.05) is 0 Å². The van der Waals surface area contributed by atoms with E-state index in [0.717, 1.165) is 43.6 Å². The molecule has 1 aliphatic rings. The molecule has 0 amide bonds. The minimum absolute atomic E-state index is 0.209. The SMILES string of the molecule is N=S(=O)(NC1CCCC(n2c3ccc(Br)cc3c3cc(Br)ccc32)C1O)c1ccc(Cl)cc1. The Labute approximate surface area is 214 Å². The van der Waals surface area contributed by atoms with Gasteiger partial charge in [-0.2, -0.15) is 0 Å². The highest BCUT2D eigenvalue weighted by Crippen LogP contribution is 2.40. The van der Waals surface area contributed by atoms with Crippen LogP contribution in [0.5, 0.6) is 0 Å². The molecule has 4 unspecified atom stereocenters. The van der Waals surface area contributed by atoms with Crippen LogP contribution in [0.3, 0.4) is 0 Å². The molecular formula is C24H22Br2ClN3O2S. The Hall–Kier alpha value is -1.42. The fourth-order valence-corrected chi connectivity index (χ4v) is 7.02. The van der Waals surface area contributed by atoms with Crippen LogP contribution in [0.25, 0.3) is 21.8 Å². The van der Waals surface area contributed by atoms with Crippen molar-refractivity contribution in [2.24, 2.45) is 0 Å². The van der Waals surface area contributed by atoms with E-state index >= 15 is 0 Å². The van der Waals surface area contributed by atoms with Crippen LogP contribution in [0.4, 0.5) is 0 Å². The van der Waals surface area contributed by atoms with Crippen molar-refractivity contribution in [1.82, 2.24) is 9.29 Å². The topological polar surface area (TPSA) is 78.1 Å². The summed E-state index contributed by atoms with van der Waals surface area (Å²) in [5.74, 6) is 0. The number of benzene rings is 3. The minimum Gasteiger partial charge on any atom is -0.389 e. The van der Waals surface area contributed by atoms with Gasteiger partial charge in [0, 0.05) is 41.8 Å². The Balaban J connectivity index is 1.54. The molecule has 0 aliphatic heterocycles. The lowest BCUT2D eigenvalue weighted by molar-refractivity contribution is 0.0550. The first-order valence-corrected chi connectivity index (χ1v) is 14.2. The summed E-state index contributed by atoms with van der Waals surface area (Å²) in [6.45, 7) is 0. The Morgan fingerprint density at radius 3 is 2.12 bits per heavy atom. The van der Waals surface area contributed by atoms with E-state index in [-0.39, 0.29) is 6.04 Å². The van der Waals surface area contributed by atoms with E-state index in [9.17, 15) is 9.32 Å². The number of hydrogen-bond acceptors (Lipinski definition) is 3. The van der Waals surface area contributed by atoms with Gasteiger partial charge >= 0.3 is 0 Å². The summed E-state index contributed by atoms with van der Waals surface area (Å²) in [5, 5.41) is 14.2. The van der Waals surface area contributed by atoms with Crippen molar-refractivity contribution in [1.29, 1.82) is 4.78 Å². The molecule has 3 N–H and O–H groups in total. The van der Waals surface area contributed by atoms with E-state index in [1.807, 2.05) is 12.1 Å². The van der Waals surface area contributed by atoms with Crippen molar-refractivity contribution in [3.05, 3.63) is 74.6 Å². The maximum absolute atomic E-state index is 13.2. The van der Waals surface area contributed by atoms with Gasteiger partial charge in [-0.25, -0.2) is 13.7 Å². The lowest BCUT2D eigenvalue weighted by Gasteiger charge is -2.37. The van der Waals surface area contributed by atoms with Gasteiger partial charge < -0.3 is 9.67 Å². The summed E-state index contributed by atoms with van der Waals surface area (Å²) >= 11 is 13.1. The van der Waals surface area contributed by atoms with Crippen LogP contribution >= 0.6 is 43.5 Å². The summed E-state index contributed by atoms with van der Waals surface area (Å²) in [7, 11) is -3.29. The highest BCUT2D eigenvalue weighted by atomic mass is 79.9. The molecule has 172 valence electrons. The fraction of sp³-hybridized carbons (Fsp3) is 0.250. The maximum Gasteiger partial charge on any atom is 0.134 e.